The highest BCUT2D eigenvalue weighted by molar-refractivity contribution is 4.76. The summed E-state index contributed by atoms with van der Waals surface area (Å²) >= 11 is 0. The third kappa shape index (κ3) is 5.86. The molecule has 2 nitrogen and oxygen atoms in total. The van der Waals surface area contributed by atoms with Crippen LogP contribution in [0.2, 0.25) is 0 Å². The zero-order valence-corrected chi connectivity index (χ0v) is 11.3. The van der Waals surface area contributed by atoms with Crippen LogP contribution in [0, 0.1) is 5.92 Å². The van der Waals surface area contributed by atoms with Gasteiger partial charge in [-0.25, -0.2) is 0 Å². The third-order valence-corrected chi connectivity index (χ3v) is 3.37. The maximum Gasteiger partial charge on any atom is 0.0589 e. The average Bonchev–Trinajstić information content (AvgIpc) is 2.25. The Kier molecular flexibility index (Phi) is 7.06. The molecule has 1 aliphatic rings. The molecule has 0 aromatic rings. The number of rotatable bonds is 7. The largest absolute Gasteiger partial charge is 0.378 e. The van der Waals surface area contributed by atoms with Crippen molar-refractivity contribution in [3.8, 4) is 0 Å². The number of hydrogen-bond acceptors (Lipinski definition) is 2. The van der Waals surface area contributed by atoms with E-state index in [4.69, 9.17) is 4.74 Å². The lowest BCUT2D eigenvalue weighted by atomic mass is 10.00. The molecule has 0 spiro atoms. The van der Waals surface area contributed by atoms with Crippen LogP contribution < -0.4 is 5.32 Å². The van der Waals surface area contributed by atoms with E-state index in [9.17, 15) is 0 Å². The molecular formula is C14H29NO. The summed E-state index contributed by atoms with van der Waals surface area (Å²) in [5.41, 5.74) is 0. The zero-order chi connectivity index (χ0) is 11.8. The second-order valence-corrected chi connectivity index (χ2v) is 5.49. The summed E-state index contributed by atoms with van der Waals surface area (Å²) in [6, 6.07) is 0.706. The molecule has 1 N–H and O–H groups in total. The van der Waals surface area contributed by atoms with Crippen LogP contribution in [0.5, 0.6) is 0 Å². The molecule has 1 heterocycles. The van der Waals surface area contributed by atoms with E-state index in [0.29, 0.717) is 12.1 Å². The monoisotopic (exact) mass is 227 g/mol. The van der Waals surface area contributed by atoms with Crippen molar-refractivity contribution in [3.05, 3.63) is 0 Å². The predicted molar refractivity (Wildman–Crippen MR) is 69.7 cm³/mol. The standard InChI is InChI=1S/C14H29NO/c1-4-6-14-11-13(8-10-16-14)15-9-5-7-12(2)3/h12-15H,4-11H2,1-3H3. The van der Waals surface area contributed by atoms with Gasteiger partial charge in [0.1, 0.15) is 0 Å². The normalized spacial score (nSPS) is 26.2. The Labute approximate surface area is 101 Å². The van der Waals surface area contributed by atoms with Gasteiger partial charge in [-0.2, -0.15) is 0 Å². The van der Waals surface area contributed by atoms with Gasteiger partial charge in [0.2, 0.25) is 0 Å². The Morgan fingerprint density at radius 2 is 2.19 bits per heavy atom. The van der Waals surface area contributed by atoms with Crippen LogP contribution in [0.15, 0.2) is 0 Å². The van der Waals surface area contributed by atoms with Gasteiger partial charge in [0.05, 0.1) is 6.10 Å². The average molecular weight is 227 g/mol. The van der Waals surface area contributed by atoms with Gasteiger partial charge in [-0.1, -0.05) is 27.2 Å². The van der Waals surface area contributed by atoms with E-state index in [2.05, 4.69) is 26.1 Å². The van der Waals surface area contributed by atoms with Crippen molar-refractivity contribution in [2.75, 3.05) is 13.2 Å². The van der Waals surface area contributed by atoms with E-state index in [1.807, 2.05) is 0 Å². The van der Waals surface area contributed by atoms with E-state index in [1.165, 1.54) is 45.1 Å². The van der Waals surface area contributed by atoms with Crippen molar-refractivity contribution < 1.29 is 4.74 Å². The Bertz CT molecular complexity index is 168. The molecule has 2 unspecified atom stereocenters. The molecule has 0 saturated carbocycles. The van der Waals surface area contributed by atoms with Crippen molar-refractivity contribution >= 4 is 0 Å². The molecule has 0 aromatic heterocycles. The second kappa shape index (κ2) is 8.08. The minimum atomic E-state index is 0.515. The Morgan fingerprint density at radius 1 is 1.38 bits per heavy atom. The first-order chi connectivity index (χ1) is 7.72. The van der Waals surface area contributed by atoms with E-state index in [0.717, 1.165) is 12.5 Å². The van der Waals surface area contributed by atoms with E-state index in [-0.39, 0.29) is 0 Å². The van der Waals surface area contributed by atoms with Crippen molar-refractivity contribution in [2.45, 2.75) is 71.4 Å². The molecule has 0 aliphatic carbocycles. The molecule has 1 fully saturated rings. The minimum absolute atomic E-state index is 0.515. The SMILES string of the molecule is CCCC1CC(NCCCC(C)C)CCO1. The quantitative estimate of drug-likeness (QED) is 0.673. The smallest absolute Gasteiger partial charge is 0.0589 e. The molecule has 2 atom stereocenters. The van der Waals surface area contributed by atoms with Crippen LogP contribution in [0.4, 0.5) is 0 Å². The van der Waals surface area contributed by atoms with Gasteiger partial charge < -0.3 is 10.1 Å². The maximum absolute atomic E-state index is 5.75. The van der Waals surface area contributed by atoms with E-state index >= 15 is 0 Å². The first-order valence-electron chi connectivity index (χ1n) is 7.07. The van der Waals surface area contributed by atoms with Crippen molar-refractivity contribution in [3.63, 3.8) is 0 Å². The van der Waals surface area contributed by atoms with Crippen molar-refractivity contribution in [1.82, 2.24) is 5.32 Å². The molecule has 0 radical (unpaired) electrons. The molecule has 0 bridgehead atoms. The Morgan fingerprint density at radius 3 is 2.88 bits per heavy atom. The van der Waals surface area contributed by atoms with Gasteiger partial charge in [0.25, 0.3) is 0 Å². The predicted octanol–water partition coefficient (Wildman–Crippen LogP) is 3.36. The van der Waals surface area contributed by atoms with E-state index in [1.54, 1.807) is 0 Å². The van der Waals surface area contributed by atoms with Crippen LogP contribution in [-0.2, 0) is 4.74 Å². The summed E-state index contributed by atoms with van der Waals surface area (Å²) in [4.78, 5) is 0. The lowest BCUT2D eigenvalue weighted by Gasteiger charge is -2.30. The van der Waals surface area contributed by atoms with Crippen LogP contribution in [0.25, 0.3) is 0 Å². The highest BCUT2D eigenvalue weighted by Gasteiger charge is 2.20. The van der Waals surface area contributed by atoms with Crippen LogP contribution >= 0.6 is 0 Å². The summed E-state index contributed by atoms with van der Waals surface area (Å²) in [6.45, 7) is 8.97. The van der Waals surface area contributed by atoms with Gasteiger partial charge in [0, 0.05) is 12.6 Å². The fourth-order valence-corrected chi connectivity index (χ4v) is 2.41. The lowest BCUT2D eigenvalue weighted by Crippen LogP contribution is -2.39. The molecule has 16 heavy (non-hydrogen) atoms. The van der Waals surface area contributed by atoms with Gasteiger partial charge in [-0.15, -0.1) is 0 Å². The summed E-state index contributed by atoms with van der Waals surface area (Å²) < 4.78 is 5.75. The zero-order valence-electron chi connectivity index (χ0n) is 11.3. The van der Waals surface area contributed by atoms with Gasteiger partial charge in [-0.3, -0.25) is 0 Å². The third-order valence-electron chi connectivity index (χ3n) is 3.37. The first kappa shape index (κ1) is 14.0. The fourth-order valence-electron chi connectivity index (χ4n) is 2.41. The van der Waals surface area contributed by atoms with Crippen molar-refractivity contribution in [1.29, 1.82) is 0 Å². The van der Waals surface area contributed by atoms with Gasteiger partial charge >= 0.3 is 0 Å². The highest BCUT2D eigenvalue weighted by atomic mass is 16.5. The van der Waals surface area contributed by atoms with Gasteiger partial charge in [-0.05, 0) is 44.6 Å². The number of hydrogen-bond donors (Lipinski definition) is 1. The molecule has 0 aromatic carbocycles. The lowest BCUT2D eigenvalue weighted by molar-refractivity contribution is -0.00314. The summed E-state index contributed by atoms with van der Waals surface area (Å²) in [7, 11) is 0. The summed E-state index contributed by atoms with van der Waals surface area (Å²) in [6.07, 6.45) is 8.05. The van der Waals surface area contributed by atoms with Crippen LogP contribution in [-0.4, -0.2) is 25.3 Å². The maximum atomic E-state index is 5.75. The second-order valence-electron chi connectivity index (χ2n) is 5.49. The van der Waals surface area contributed by atoms with Crippen LogP contribution in [0.3, 0.4) is 0 Å². The molecular weight excluding hydrogens is 198 g/mol. The number of ether oxygens (including phenoxy) is 1. The molecule has 1 rings (SSSR count). The fraction of sp³-hybridized carbons (Fsp3) is 1.00. The first-order valence-corrected chi connectivity index (χ1v) is 7.07. The number of nitrogens with one attached hydrogen (secondary N) is 1. The van der Waals surface area contributed by atoms with Crippen LogP contribution in [0.1, 0.15) is 59.3 Å². The summed E-state index contributed by atoms with van der Waals surface area (Å²) in [5.74, 6) is 0.837. The Hall–Kier alpha value is -0.0800. The molecule has 0 amide bonds. The molecule has 1 saturated heterocycles. The summed E-state index contributed by atoms with van der Waals surface area (Å²) in [5, 5.41) is 3.69. The van der Waals surface area contributed by atoms with Gasteiger partial charge in [0.15, 0.2) is 0 Å². The molecule has 2 heteroatoms. The topological polar surface area (TPSA) is 21.3 Å². The van der Waals surface area contributed by atoms with Crippen molar-refractivity contribution in [2.24, 2.45) is 5.92 Å². The molecule has 1 aliphatic heterocycles. The highest BCUT2D eigenvalue weighted by Crippen LogP contribution is 2.17. The Balaban J connectivity index is 2.07. The minimum Gasteiger partial charge on any atom is -0.378 e. The van der Waals surface area contributed by atoms with E-state index < -0.39 is 0 Å². The molecule has 96 valence electrons.